The molecule has 6 heteroatoms. The van der Waals surface area contributed by atoms with Gasteiger partial charge in [-0.05, 0) is 6.07 Å². The molecular formula is C8H2Cl4N2. The molecule has 0 saturated heterocycles. The van der Waals surface area contributed by atoms with Crippen molar-refractivity contribution in [3.63, 3.8) is 0 Å². The van der Waals surface area contributed by atoms with Crippen LogP contribution in [0, 0.1) is 0 Å². The van der Waals surface area contributed by atoms with Crippen molar-refractivity contribution in [3.8, 4) is 0 Å². The van der Waals surface area contributed by atoms with E-state index in [2.05, 4.69) is 9.97 Å². The zero-order valence-corrected chi connectivity index (χ0v) is 9.58. The molecule has 0 radical (unpaired) electrons. The summed E-state index contributed by atoms with van der Waals surface area (Å²) in [6.07, 6.45) is 1.32. The molecule has 14 heavy (non-hydrogen) atoms. The van der Waals surface area contributed by atoms with Crippen molar-refractivity contribution >= 4 is 57.3 Å². The molecule has 0 unspecified atom stereocenters. The zero-order valence-electron chi connectivity index (χ0n) is 6.56. The first-order valence-corrected chi connectivity index (χ1v) is 5.06. The number of fused-ring (bicyclic) bond motifs is 1. The van der Waals surface area contributed by atoms with Gasteiger partial charge in [0.1, 0.15) is 11.5 Å². The standard InChI is InChI=1S/C8H2Cl4N2/c9-3-1-4(10)7-5(6(3)11)8(12)14-2-13-7/h1-2H. The number of benzene rings is 1. The van der Waals surface area contributed by atoms with Crippen LogP contribution in [0.4, 0.5) is 0 Å². The van der Waals surface area contributed by atoms with Crippen molar-refractivity contribution in [2.24, 2.45) is 0 Å². The Kier molecular flexibility index (Phi) is 2.71. The fraction of sp³-hybridized carbons (Fsp3) is 0. The molecule has 1 aromatic carbocycles. The Labute approximate surface area is 99.8 Å². The lowest BCUT2D eigenvalue weighted by Crippen LogP contribution is -1.86. The summed E-state index contributed by atoms with van der Waals surface area (Å²) in [7, 11) is 0. The van der Waals surface area contributed by atoms with E-state index in [0.29, 0.717) is 26.0 Å². The van der Waals surface area contributed by atoms with E-state index >= 15 is 0 Å². The van der Waals surface area contributed by atoms with Gasteiger partial charge in [0.15, 0.2) is 0 Å². The molecule has 1 heterocycles. The molecule has 72 valence electrons. The van der Waals surface area contributed by atoms with Crippen molar-refractivity contribution in [3.05, 3.63) is 32.6 Å². The van der Waals surface area contributed by atoms with E-state index < -0.39 is 0 Å². The zero-order chi connectivity index (χ0) is 10.3. The number of nitrogens with zero attached hydrogens (tertiary/aromatic N) is 2. The minimum Gasteiger partial charge on any atom is -0.235 e. The maximum atomic E-state index is 5.95. The van der Waals surface area contributed by atoms with Gasteiger partial charge < -0.3 is 0 Å². The number of halogens is 4. The summed E-state index contributed by atoms with van der Waals surface area (Å²) < 4.78 is 0. The topological polar surface area (TPSA) is 25.8 Å². The van der Waals surface area contributed by atoms with Gasteiger partial charge in [0.2, 0.25) is 0 Å². The van der Waals surface area contributed by atoms with Gasteiger partial charge in [0, 0.05) is 0 Å². The van der Waals surface area contributed by atoms with E-state index in [0.717, 1.165) is 0 Å². The van der Waals surface area contributed by atoms with Crippen LogP contribution in [0.5, 0.6) is 0 Å². The van der Waals surface area contributed by atoms with Crippen LogP contribution in [0.3, 0.4) is 0 Å². The molecular weight excluding hydrogens is 266 g/mol. The molecule has 0 atom stereocenters. The summed E-state index contributed by atoms with van der Waals surface area (Å²) in [6.45, 7) is 0. The van der Waals surface area contributed by atoms with Gasteiger partial charge in [0.25, 0.3) is 0 Å². The van der Waals surface area contributed by atoms with Crippen LogP contribution < -0.4 is 0 Å². The molecule has 0 N–H and O–H groups in total. The van der Waals surface area contributed by atoms with Gasteiger partial charge in [-0.1, -0.05) is 46.4 Å². The van der Waals surface area contributed by atoms with Gasteiger partial charge in [-0.25, -0.2) is 9.97 Å². The molecule has 2 nitrogen and oxygen atoms in total. The first kappa shape index (κ1) is 10.2. The third kappa shape index (κ3) is 1.52. The van der Waals surface area contributed by atoms with Gasteiger partial charge in [-0.15, -0.1) is 0 Å². The Morgan fingerprint density at radius 1 is 0.929 bits per heavy atom. The maximum Gasteiger partial charge on any atom is 0.141 e. The van der Waals surface area contributed by atoms with Crippen LogP contribution in [-0.4, -0.2) is 9.97 Å². The van der Waals surface area contributed by atoms with E-state index in [1.54, 1.807) is 0 Å². The second kappa shape index (κ2) is 3.70. The molecule has 0 aliphatic heterocycles. The monoisotopic (exact) mass is 266 g/mol. The molecule has 0 spiro atoms. The minimum absolute atomic E-state index is 0.240. The maximum absolute atomic E-state index is 5.95. The number of hydrogen-bond acceptors (Lipinski definition) is 2. The van der Waals surface area contributed by atoms with E-state index in [4.69, 9.17) is 46.4 Å². The van der Waals surface area contributed by atoms with Crippen molar-refractivity contribution in [2.75, 3.05) is 0 Å². The summed E-state index contributed by atoms with van der Waals surface area (Å²) in [4.78, 5) is 7.78. The van der Waals surface area contributed by atoms with Crippen LogP contribution in [0.2, 0.25) is 20.2 Å². The Morgan fingerprint density at radius 3 is 2.36 bits per heavy atom. The minimum atomic E-state index is 0.240. The third-order valence-electron chi connectivity index (χ3n) is 1.71. The molecule has 2 rings (SSSR count). The van der Waals surface area contributed by atoms with Crippen LogP contribution >= 0.6 is 46.4 Å². The van der Waals surface area contributed by atoms with Crippen molar-refractivity contribution in [1.29, 1.82) is 0 Å². The Morgan fingerprint density at radius 2 is 1.64 bits per heavy atom. The smallest absolute Gasteiger partial charge is 0.141 e. The molecule has 0 amide bonds. The largest absolute Gasteiger partial charge is 0.235 e. The van der Waals surface area contributed by atoms with Crippen LogP contribution in [0.15, 0.2) is 12.4 Å². The predicted molar refractivity (Wildman–Crippen MR) is 59.6 cm³/mol. The fourth-order valence-corrected chi connectivity index (χ4v) is 2.12. The number of aromatic nitrogens is 2. The average Bonchev–Trinajstić information content (AvgIpc) is 2.14. The van der Waals surface area contributed by atoms with Gasteiger partial charge in [-0.2, -0.15) is 0 Å². The molecule has 0 aliphatic carbocycles. The summed E-state index contributed by atoms with van der Waals surface area (Å²) in [6, 6.07) is 1.52. The summed E-state index contributed by atoms with van der Waals surface area (Å²) in [5.41, 5.74) is 0.501. The predicted octanol–water partition coefficient (Wildman–Crippen LogP) is 4.24. The van der Waals surface area contributed by atoms with Crippen molar-refractivity contribution in [2.45, 2.75) is 0 Å². The molecule has 0 fully saturated rings. The Bertz CT molecular complexity index is 512. The highest BCUT2D eigenvalue weighted by Gasteiger charge is 2.12. The molecule has 0 saturated carbocycles. The van der Waals surface area contributed by atoms with Crippen molar-refractivity contribution < 1.29 is 0 Å². The Hall–Kier alpha value is -0.280. The van der Waals surface area contributed by atoms with Gasteiger partial charge >= 0.3 is 0 Å². The van der Waals surface area contributed by atoms with E-state index in [1.807, 2.05) is 0 Å². The lowest BCUT2D eigenvalue weighted by molar-refractivity contribution is 1.22. The first-order valence-electron chi connectivity index (χ1n) is 3.55. The van der Waals surface area contributed by atoms with E-state index in [9.17, 15) is 0 Å². The lowest BCUT2D eigenvalue weighted by Gasteiger charge is -2.04. The van der Waals surface area contributed by atoms with E-state index in [1.165, 1.54) is 12.4 Å². The SMILES string of the molecule is Clc1cc(Cl)c2ncnc(Cl)c2c1Cl. The second-order valence-electron chi connectivity index (χ2n) is 2.54. The quantitative estimate of drug-likeness (QED) is 0.527. The molecule has 1 aromatic heterocycles. The molecule has 0 aliphatic rings. The highest BCUT2D eigenvalue weighted by atomic mass is 35.5. The Balaban J connectivity index is 3.03. The molecule has 2 aromatic rings. The molecule has 0 bridgehead atoms. The summed E-state index contributed by atoms with van der Waals surface area (Å²) >= 11 is 23.6. The number of rotatable bonds is 0. The van der Waals surface area contributed by atoms with Gasteiger partial charge in [-0.3, -0.25) is 0 Å². The second-order valence-corrected chi connectivity index (χ2v) is 4.09. The fourth-order valence-electron chi connectivity index (χ4n) is 1.10. The van der Waals surface area contributed by atoms with Gasteiger partial charge in [0.05, 0.1) is 26.0 Å². The number of hydrogen-bond donors (Lipinski definition) is 0. The van der Waals surface area contributed by atoms with E-state index in [-0.39, 0.29) is 5.15 Å². The average molecular weight is 268 g/mol. The highest BCUT2D eigenvalue weighted by molar-refractivity contribution is 6.49. The van der Waals surface area contributed by atoms with Crippen molar-refractivity contribution in [1.82, 2.24) is 9.97 Å². The summed E-state index contributed by atoms with van der Waals surface area (Å²) in [5, 5.41) is 1.77. The normalized spacial score (nSPS) is 10.9. The van der Waals surface area contributed by atoms with Crippen LogP contribution in [0.25, 0.3) is 10.9 Å². The highest BCUT2D eigenvalue weighted by Crippen LogP contribution is 2.37. The first-order chi connectivity index (χ1) is 6.61. The summed E-state index contributed by atoms with van der Waals surface area (Å²) in [5.74, 6) is 0. The lowest BCUT2D eigenvalue weighted by atomic mass is 10.2. The van der Waals surface area contributed by atoms with Crippen LogP contribution in [0.1, 0.15) is 0 Å². The third-order valence-corrected chi connectivity index (χ3v) is 3.07. The van der Waals surface area contributed by atoms with Crippen LogP contribution in [-0.2, 0) is 0 Å².